The van der Waals surface area contributed by atoms with Gasteiger partial charge in [-0.25, -0.2) is 17.5 Å². The zero-order valence-corrected chi connectivity index (χ0v) is 14.1. The number of benzene rings is 2. The van der Waals surface area contributed by atoms with Crippen molar-refractivity contribution in [1.29, 1.82) is 0 Å². The van der Waals surface area contributed by atoms with Crippen LogP contribution in [0, 0.1) is 5.82 Å². The number of sulfonamides is 1. The summed E-state index contributed by atoms with van der Waals surface area (Å²) in [5.41, 5.74) is 1.42. The van der Waals surface area contributed by atoms with Crippen molar-refractivity contribution < 1.29 is 22.3 Å². The van der Waals surface area contributed by atoms with Crippen molar-refractivity contribution in [3.05, 3.63) is 53.8 Å². The van der Waals surface area contributed by atoms with Crippen LogP contribution in [0.15, 0.2) is 47.4 Å². The molecule has 0 saturated heterocycles. The minimum absolute atomic E-state index is 0.00115. The highest BCUT2D eigenvalue weighted by Crippen LogP contribution is 2.25. The van der Waals surface area contributed by atoms with Crippen molar-refractivity contribution in [2.75, 3.05) is 18.5 Å². The second-order valence-electron chi connectivity index (χ2n) is 5.54. The fourth-order valence-corrected chi connectivity index (χ4v) is 3.57. The number of hydrogen-bond donors (Lipinski definition) is 2. The van der Waals surface area contributed by atoms with Crippen molar-refractivity contribution in [3.63, 3.8) is 0 Å². The highest BCUT2D eigenvalue weighted by Gasteiger charge is 2.19. The van der Waals surface area contributed by atoms with Crippen LogP contribution < -0.4 is 14.8 Å². The molecule has 0 unspecified atom stereocenters. The Hall–Kier alpha value is -2.45. The fraction of sp³-hybridized carbons (Fsp3) is 0.235. The molecule has 0 atom stereocenters. The standard InChI is InChI=1S/C17H17FN2O4S/c18-14-3-1-2-4-16(14)24-10-9-19-25(22,23)13-6-7-15-12(11-13)5-8-17(21)20-15/h1-4,6-7,11,19H,5,8-10H2,(H,20,21). The highest BCUT2D eigenvalue weighted by atomic mass is 32.2. The molecule has 3 rings (SSSR count). The minimum atomic E-state index is -3.71. The molecule has 0 radical (unpaired) electrons. The van der Waals surface area contributed by atoms with Crippen LogP contribution in [-0.4, -0.2) is 27.5 Å². The number of carbonyl (C=O) groups is 1. The SMILES string of the molecule is O=C1CCc2cc(S(=O)(=O)NCCOc3ccccc3F)ccc2N1. The number of rotatable bonds is 6. The molecule has 0 aromatic heterocycles. The molecule has 0 saturated carbocycles. The number of amides is 1. The van der Waals surface area contributed by atoms with Gasteiger partial charge in [-0.05, 0) is 42.3 Å². The van der Waals surface area contributed by atoms with Crippen LogP contribution in [0.2, 0.25) is 0 Å². The van der Waals surface area contributed by atoms with Gasteiger partial charge in [-0.1, -0.05) is 12.1 Å². The van der Waals surface area contributed by atoms with Crippen LogP contribution in [0.3, 0.4) is 0 Å². The van der Waals surface area contributed by atoms with Gasteiger partial charge in [-0.15, -0.1) is 0 Å². The Labute approximate surface area is 145 Å². The number of hydrogen-bond acceptors (Lipinski definition) is 4. The van der Waals surface area contributed by atoms with Gasteiger partial charge in [0, 0.05) is 18.7 Å². The molecule has 25 heavy (non-hydrogen) atoms. The number of aryl methyl sites for hydroxylation is 1. The Morgan fingerprint density at radius 2 is 1.96 bits per heavy atom. The van der Waals surface area contributed by atoms with Crippen LogP contribution in [0.5, 0.6) is 5.75 Å². The summed E-state index contributed by atoms with van der Waals surface area (Å²) in [6.45, 7) is 0.00560. The summed E-state index contributed by atoms with van der Waals surface area (Å²) >= 11 is 0. The van der Waals surface area contributed by atoms with E-state index in [2.05, 4.69) is 10.0 Å². The zero-order valence-electron chi connectivity index (χ0n) is 13.3. The lowest BCUT2D eigenvalue weighted by Crippen LogP contribution is -2.28. The lowest BCUT2D eigenvalue weighted by Gasteiger charge is -2.17. The van der Waals surface area contributed by atoms with E-state index in [4.69, 9.17) is 4.74 Å². The maximum Gasteiger partial charge on any atom is 0.240 e. The predicted molar refractivity (Wildman–Crippen MR) is 90.5 cm³/mol. The molecule has 2 aromatic carbocycles. The van der Waals surface area contributed by atoms with Gasteiger partial charge >= 0.3 is 0 Å². The van der Waals surface area contributed by atoms with Gasteiger partial charge in [0.15, 0.2) is 11.6 Å². The first-order chi connectivity index (χ1) is 12.0. The minimum Gasteiger partial charge on any atom is -0.489 e. The van der Waals surface area contributed by atoms with Gasteiger partial charge in [-0.2, -0.15) is 0 Å². The Morgan fingerprint density at radius 1 is 1.16 bits per heavy atom. The molecule has 1 aliphatic heterocycles. The molecule has 0 bridgehead atoms. The average Bonchev–Trinajstić information content (AvgIpc) is 2.59. The number of para-hydroxylation sites is 1. The molecule has 0 spiro atoms. The summed E-state index contributed by atoms with van der Waals surface area (Å²) in [5.74, 6) is -0.500. The largest absolute Gasteiger partial charge is 0.489 e. The molecule has 1 heterocycles. The van der Waals surface area contributed by atoms with Gasteiger partial charge in [0.25, 0.3) is 0 Å². The molecular formula is C17H17FN2O4S. The van der Waals surface area contributed by atoms with E-state index in [1.807, 2.05) is 0 Å². The quantitative estimate of drug-likeness (QED) is 0.769. The maximum absolute atomic E-state index is 13.4. The third-order valence-corrected chi connectivity index (χ3v) is 5.23. The van der Waals surface area contributed by atoms with Crippen molar-refractivity contribution in [2.45, 2.75) is 17.7 Å². The second kappa shape index (κ2) is 7.20. The lowest BCUT2D eigenvalue weighted by molar-refractivity contribution is -0.116. The van der Waals surface area contributed by atoms with Gasteiger partial charge < -0.3 is 10.1 Å². The summed E-state index contributed by atoms with van der Waals surface area (Å²) in [5, 5.41) is 2.70. The Morgan fingerprint density at radius 3 is 2.76 bits per heavy atom. The maximum atomic E-state index is 13.4. The van der Waals surface area contributed by atoms with Crippen LogP contribution in [-0.2, 0) is 21.2 Å². The molecule has 132 valence electrons. The zero-order chi connectivity index (χ0) is 17.9. The normalized spacial score (nSPS) is 13.9. The van der Waals surface area contributed by atoms with Crippen molar-refractivity contribution >= 4 is 21.6 Å². The number of anilines is 1. The highest BCUT2D eigenvalue weighted by molar-refractivity contribution is 7.89. The van der Waals surface area contributed by atoms with E-state index in [1.165, 1.54) is 18.2 Å². The first-order valence-corrected chi connectivity index (χ1v) is 9.24. The third-order valence-electron chi connectivity index (χ3n) is 3.77. The molecule has 2 aromatic rings. The molecular weight excluding hydrogens is 347 g/mol. The van der Waals surface area contributed by atoms with E-state index in [1.54, 1.807) is 24.3 Å². The van der Waals surface area contributed by atoms with E-state index in [0.29, 0.717) is 18.5 Å². The summed E-state index contributed by atoms with van der Waals surface area (Å²) in [7, 11) is -3.71. The van der Waals surface area contributed by atoms with Crippen molar-refractivity contribution in [2.24, 2.45) is 0 Å². The lowest BCUT2D eigenvalue weighted by atomic mass is 10.0. The monoisotopic (exact) mass is 364 g/mol. The topological polar surface area (TPSA) is 84.5 Å². The van der Waals surface area contributed by atoms with Gasteiger partial charge in [0.2, 0.25) is 15.9 Å². The van der Waals surface area contributed by atoms with Crippen LogP contribution in [0.4, 0.5) is 10.1 Å². The fourth-order valence-electron chi connectivity index (χ4n) is 2.51. The predicted octanol–water partition coefficient (Wildman–Crippen LogP) is 2.07. The van der Waals surface area contributed by atoms with Gasteiger partial charge in [0.05, 0.1) is 4.90 Å². The van der Waals surface area contributed by atoms with E-state index in [-0.39, 0.29) is 29.7 Å². The number of ether oxygens (including phenoxy) is 1. The summed E-state index contributed by atoms with van der Waals surface area (Å²) in [6, 6.07) is 10.5. The van der Waals surface area contributed by atoms with E-state index >= 15 is 0 Å². The number of nitrogens with one attached hydrogen (secondary N) is 2. The molecule has 0 aliphatic carbocycles. The number of carbonyl (C=O) groups excluding carboxylic acids is 1. The first-order valence-electron chi connectivity index (χ1n) is 7.75. The summed E-state index contributed by atoms with van der Waals surface area (Å²) in [6.07, 6.45) is 0.835. The average molecular weight is 364 g/mol. The third kappa shape index (κ3) is 4.15. The molecule has 1 aliphatic rings. The van der Waals surface area contributed by atoms with Crippen LogP contribution in [0.1, 0.15) is 12.0 Å². The molecule has 2 N–H and O–H groups in total. The van der Waals surface area contributed by atoms with Crippen molar-refractivity contribution in [1.82, 2.24) is 4.72 Å². The Kier molecular flexibility index (Phi) is 5.00. The van der Waals surface area contributed by atoms with Crippen LogP contribution >= 0.6 is 0 Å². The van der Waals surface area contributed by atoms with E-state index in [0.717, 1.165) is 5.56 Å². The summed E-state index contributed by atoms with van der Waals surface area (Å²) in [4.78, 5) is 11.5. The number of fused-ring (bicyclic) bond motifs is 1. The van der Waals surface area contributed by atoms with Gasteiger partial charge in [0.1, 0.15) is 6.61 Å². The molecule has 0 fully saturated rings. The number of halogens is 1. The van der Waals surface area contributed by atoms with E-state index in [9.17, 15) is 17.6 Å². The Bertz CT molecular complexity index is 899. The van der Waals surface area contributed by atoms with E-state index < -0.39 is 15.8 Å². The Balaban J connectivity index is 1.60. The second-order valence-corrected chi connectivity index (χ2v) is 7.31. The molecule has 6 nitrogen and oxygen atoms in total. The first kappa shape index (κ1) is 17.4. The van der Waals surface area contributed by atoms with Gasteiger partial charge in [-0.3, -0.25) is 4.79 Å². The van der Waals surface area contributed by atoms with Crippen LogP contribution in [0.25, 0.3) is 0 Å². The molecule has 8 heteroatoms. The smallest absolute Gasteiger partial charge is 0.240 e. The molecule has 1 amide bonds. The van der Waals surface area contributed by atoms with Crippen molar-refractivity contribution in [3.8, 4) is 5.75 Å². The summed E-state index contributed by atoms with van der Waals surface area (Å²) < 4.78 is 45.7.